The molecule has 98 valence electrons. The van der Waals surface area contributed by atoms with E-state index in [-0.39, 0.29) is 0 Å². The fourth-order valence-corrected chi connectivity index (χ4v) is 3.26. The smallest absolute Gasteiger partial charge is 0.411 e. The van der Waals surface area contributed by atoms with Gasteiger partial charge < -0.3 is 5.11 Å². The average Bonchev–Trinajstić information content (AvgIpc) is 2.77. The number of hydrogen-bond donors (Lipinski definition) is 1. The van der Waals surface area contributed by atoms with Crippen LogP contribution < -0.4 is 0 Å². The van der Waals surface area contributed by atoms with Crippen LogP contribution in [-0.4, -0.2) is 27.6 Å². The number of allylic oxidation sites excluding steroid dienone is 1. The third kappa shape index (κ3) is 2.21. The van der Waals surface area contributed by atoms with E-state index in [9.17, 15) is 9.90 Å². The topological polar surface area (TPSA) is 53.4 Å². The highest BCUT2D eigenvalue weighted by atomic mass is 32.1. The molecule has 1 amide bonds. The van der Waals surface area contributed by atoms with E-state index in [1.54, 1.807) is 11.3 Å². The third-order valence-corrected chi connectivity index (χ3v) is 4.17. The molecular formula is C14H14N2O2S. The highest BCUT2D eigenvalue weighted by molar-refractivity contribution is 7.18. The van der Waals surface area contributed by atoms with Gasteiger partial charge in [-0.25, -0.2) is 9.78 Å². The van der Waals surface area contributed by atoms with Crippen molar-refractivity contribution in [1.82, 2.24) is 9.88 Å². The van der Waals surface area contributed by atoms with Crippen LogP contribution in [0.15, 0.2) is 24.3 Å². The van der Waals surface area contributed by atoms with E-state index in [1.807, 2.05) is 31.2 Å². The van der Waals surface area contributed by atoms with E-state index in [4.69, 9.17) is 0 Å². The molecule has 0 saturated carbocycles. The van der Waals surface area contributed by atoms with Gasteiger partial charge in [0, 0.05) is 6.54 Å². The molecule has 0 unspecified atom stereocenters. The summed E-state index contributed by atoms with van der Waals surface area (Å²) in [5.41, 5.74) is 2.73. The summed E-state index contributed by atoms with van der Waals surface area (Å²) in [5.74, 6) is 0. The van der Waals surface area contributed by atoms with E-state index < -0.39 is 6.09 Å². The molecule has 19 heavy (non-hydrogen) atoms. The summed E-state index contributed by atoms with van der Waals surface area (Å²) in [6.45, 7) is 2.55. The molecular weight excluding hydrogens is 260 g/mol. The standard InChI is InChI=1S/C14H14N2O2S/c1-9-15-11-6-5-10(8-13(11)19-9)12-4-2-3-7-16(12)14(17)18/h4-6,8H,2-3,7H2,1H3,(H,17,18). The Balaban J connectivity index is 2.06. The Hall–Kier alpha value is -1.88. The summed E-state index contributed by atoms with van der Waals surface area (Å²) in [7, 11) is 0. The van der Waals surface area contributed by atoms with Crippen molar-refractivity contribution in [3.05, 3.63) is 34.8 Å². The second-order valence-corrected chi connectivity index (χ2v) is 5.82. The monoisotopic (exact) mass is 274 g/mol. The quantitative estimate of drug-likeness (QED) is 0.862. The number of benzene rings is 1. The molecule has 0 aliphatic carbocycles. The van der Waals surface area contributed by atoms with Gasteiger partial charge in [-0.15, -0.1) is 11.3 Å². The maximum Gasteiger partial charge on any atom is 0.411 e. The number of amides is 1. The lowest BCUT2D eigenvalue weighted by atomic mass is 10.1. The molecule has 1 aliphatic rings. The van der Waals surface area contributed by atoms with Crippen molar-refractivity contribution in [2.45, 2.75) is 19.8 Å². The lowest BCUT2D eigenvalue weighted by Crippen LogP contribution is -2.30. The fourth-order valence-electron chi connectivity index (χ4n) is 2.39. The molecule has 2 aromatic rings. The maximum atomic E-state index is 11.3. The van der Waals surface area contributed by atoms with Gasteiger partial charge in [0.1, 0.15) is 0 Å². The predicted molar refractivity (Wildman–Crippen MR) is 76.3 cm³/mol. The number of carbonyl (C=O) groups is 1. The number of carboxylic acid groups (broad SMARTS) is 1. The van der Waals surface area contributed by atoms with Gasteiger partial charge in [0.2, 0.25) is 0 Å². The van der Waals surface area contributed by atoms with Crippen LogP contribution in [0.1, 0.15) is 23.4 Å². The minimum absolute atomic E-state index is 0.570. The predicted octanol–water partition coefficient (Wildman–Crippen LogP) is 3.72. The van der Waals surface area contributed by atoms with E-state index in [1.165, 1.54) is 4.90 Å². The largest absolute Gasteiger partial charge is 0.465 e. The minimum Gasteiger partial charge on any atom is -0.465 e. The SMILES string of the molecule is Cc1nc2ccc(C3=CCCCN3C(=O)O)cc2s1. The second-order valence-electron chi connectivity index (χ2n) is 4.58. The summed E-state index contributed by atoms with van der Waals surface area (Å²) >= 11 is 1.64. The van der Waals surface area contributed by atoms with Crippen molar-refractivity contribution >= 4 is 33.3 Å². The molecule has 1 N–H and O–H groups in total. The normalized spacial score (nSPS) is 15.6. The van der Waals surface area contributed by atoms with Crippen LogP contribution in [0.5, 0.6) is 0 Å². The zero-order chi connectivity index (χ0) is 13.4. The molecule has 0 fully saturated rings. The molecule has 1 aliphatic heterocycles. The van der Waals surface area contributed by atoms with Gasteiger partial charge in [-0.2, -0.15) is 0 Å². The first-order valence-electron chi connectivity index (χ1n) is 6.23. The number of fused-ring (bicyclic) bond motifs is 1. The molecule has 0 atom stereocenters. The number of rotatable bonds is 1. The number of hydrogen-bond acceptors (Lipinski definition) is 3. The van der Waals surface area contributed by atoms with E-state index in [0.717, 1.165) is 39.3 Å². The van der Waals surface area contributed by atoms with E-state index >= 15 is 0 Å². The molecule has 0 spiro atoms. The van der Waals surface area contributed by atoms with Gasteiger partial charge in [-0.05, 0) is 37.5 Å². The lowest BCUT2D eigenvalue weighted by Gasteiger charge is -2.26. The van der Waals surface area contributed by atoms with Crippen LogP contribution in [0.2, 0.25) is 0 Å². The van der Waals surface area contributed by atoms with Crippen molar-refractivity contribution in [3.63, 3.8) is 0 Å². The molecule has 3 rings (SSSR count). The lowest BCUT2D eigenvalue weighted by molar-refractivity contribution is 0.164. The molecule has 1 aromatic heterocycles. The summed E-state index contributed by atoms with van der Waals surface area (Å²) < 4.78 is 1.10. The highest BCUT2D eigenvalue weighted by Gasteiger charge is 2.21. The van der Waals surface area contributed by atoms with Gasteiger partial charge in [-0.3, -0.25) is 4.90 Å². The van der Waals surface area contributed by atoms with Gasteiger partial charge >= 0.3 is 6.09 Å². The average molecular weight is 274 g/mol. The fraction of sp³-hybridized carbons (Fsp3) is 0.286. The Morgan fingerprint density at radius 1 is 1.47 bits per heavy atom. The highest BCUT2D eigenvalue weighted by Crippen LogP contribution is 2.29. The first-order chi connectivity index (χ1) is 9.15. The summed E-state index contributed by atoms with van der Waals surface area (Å²) in [5, 5.41) is 10.3. The number of aromatic nitrogens is 1. The Bertz CT molecular complexity index is 675. The number of thiazole rings is 1. The molecule has 1 aromatic carbocycles. The Morgan fingerprint density at radius 2 is 2.32 bits per heavy atom. The third-order valence-electron chi connectivity index (χ3n) is 3.24. The molecule has 0 bridgehead atoms. The van der Waals surface area contributed by atoms with Crippen LogP contribution in [-0.2, 0) is 0 Å². The Kier molecular flexibility index (Phi) is 2.98. The number of nitrogens with zero attached hydrogens (tertiary/aromatic N) is 2. The molecule has 0 saturated heterocycles. The Morgan fingerprint density at radius 3 is 3.11 bits per heavy atom. The summed E-state index contributed by atoms with van der Waals surface area (Å²) in [6, 6.07) is 5.95. The van der Waals surface area contributed by atoms with E-state index in [2.05, 4.69) is 4.98 Å². The van der Waals surface area contributed by atoms with Gasteiger partial charge in [0.05, 0.1) is 20.9 Å². The zero-order valence-corrected chi connectivity index (χ0v) is 11.4. The summed E-state index contributed by atoms with van der Waals surface area (Å²) in [6.07, 6.45) is 2.94. The van der Waals surface area contributed by atoms with Crippen molar-refractivity contribution < 1.29 is 9.90 Å². The zero-order valence-electron chi connectivity index (χ0n) is 10.6. The van der Waals surface area contributed by atoms with Gasteiger partial charge in [-0.1, -0.05) is 12.1 Å². The number of aryl methyl sites for hydroxylation is 1. The van der Waals surface area contributed by atoms with Crippen LogP contribution in [0, 0.1) is 6.92 Å². The first-order valence-corrected chi connectivity index (χ1v) is 7.05. The van der Waals surface area contributed by atoms with Gasteiger partial charge in [0.15, 0.2) is 0 Å². The molecule has 0 radical (unpaired) electrons. The molecule has 2 heterocycles. The molecule has 4 nitrogen and oxygen atoms in total. The Labute approximate surface area is 115 Å². The second kappa shape index (κ2) is 4.66. The van der Waals surface area contributed by atoms with Crippen LogP contribution >= 0.6 is 11.3 Å². The van der Waals surface area contributed by atoms with Crippen LogP contribution in [0.3, 0.4) is 0 Å². The first kappa shape index (κ1) is 12.2. The van der Waals surface area contributed by atoms with Crippen molar-refractivity contribution in [3.8, 4) is 0 Å². The van der Waals surface area contributed by atoms with Crippen LogP contribution in [0.25, 0.3) is 15.9 Å². The van der Waals surface area contributed by atoms with Crippen LogP contribution in [0.4, 0.5) is 4.79 Å². The van der Waals surface area contributed by atoms with Crippen molar-refractivity contribution in [2.75, 3.05) is 6.54 Å². The van der Waals surface area contributed by atoms with E-state index in [0.29, 0.717) is 6.54 Å². The molecule has 5 heteroatoms. The maximum absolute atomic E-state index is 11.3. The van der Waals surface area contributed by atoms with Crippen molar-refractivity contribution in [2.24, 2.45) is 0 Å². The minimum atomic E-state index is -0.883. The van der Waals surface area contributed by atoms with Gasteiger partial charge in [0.25, 0.3) is 0 Å². The van der Waals surface area contributed by atoms with Crippen molar-refractivity contribution in [1.29, 1.82) is 0 Å². The summed E-state index contributed by atoms with van der Waals surface area (Å²) in [4.78, 5) is 17.1.